The van der Waals surface area contributed by atoms with E-state index in [1.165, 1.54) is 24.0 Å². The van der Waals surface area contributed by atoms with Crippen LogP contribution in [0.25, 0.3) is 0 Å². The number of nitrogens with one attached hydrogen (secondary N) is 1. The Labute approximate surface area is 167 Å². The van der Waals surface area contributed by atoms with E-state index in [4.69, 9.17) is 16.3 Å². The highest BCUT2D eigenvalue weighted by Gasteiger charge is 2.21. The van der Waals surface area contributed by atoms with Crippen LogP contribution in [0.15, 0.2) is 35.7 Å². The summed E-state index contributed by atoms with van der Waals surface area (Å²) in [4.78, 5) is 28.9. The van der Waals surface area contributed by atoms with Gasteiger partial charge in [-0.3, -0.25) is 14.6 Å². The lowest BCUT2D eigenvalue weighted by molar-refractivity contribution is -0.117. The maximum atomic E-state index is 12.3. The number of rotatable bonds is 6. The smallest absolute Gasteiger partial charge is 0.350 e. The number of methoxy groups -OCH3 is 1. The lowest BCUT2D eigenvalue weighted by atomic mass is 10.2. The SMILES string of the molecule is COC(=O)c1sccc1NC(=O)CN1CCN(Cc2cccc(Cl)c2)CC1. The zero-order valence-corrected chi connectivity index (χ0v) is 16.7. The average molecular weight is 408 g/mol. The first-order valence-electron chi connectivity index (χ1n) is 8.70. The zero-order valence-electron chi connectivity index (χ0n) is 15.1. The Kier molecular flexibility index (Phi) is 6.84. The van der Waals surface area contributed by atoms with Gasteiger partial charge >= 0.3 is 5.97 Å². The van der Waals surface area contributed by atoms with Crippen LogP contribution in [0.1, 0.15) is 15.2 Å². The molecule has 0 saturated carbocycles. The third-order valence-electron chi connectivity index (χ3n) is 4.44. The molecular weight excluding hydrogens is 386 g/mol. The van der Waals surface area contributed by atoms with E-state index >= 15 is 0 Å². The number of hydrogen-bond acceptors (Lipinski definition) is 6. The van der Waals surface area contributed by atoms with Crippen molar-refractivity contribution in [1.82, 2.24) is 9.80 Å². The molecule has 0 atom stereocenters. The van der Waals surface area contributed by atoms with E-state index in [2.05, 4.69) is 21.2 Å². The minimum atomic E-state index is -0.435. The van der Waals surface area contributed by atoms with Crippen LogP contribution >= 0.6 is 22.9 Å². The second-order valence-electron chi connectivity index (χ2n) is 6.39. The van der Waals surface area contributed by atoms with Gasteiger partial charge in [0.25, 0.3) is 0 Å². The van der Waals surface area contributed by atoms with Crippen molar-refractivity contribution in [2.45, 2.75) is 6.54 Å². The van der Waals surface area contributed by atoms with Crippen LogP contribution in [0, 0.1) is 0 Å². The molecular formula is C19H22ClN3O3S. The van der Waals surface area contributed by atoms with Crippen molar-refractivity contribution in [2.75, 3.05) is 45.2 Å². The number of ether oxygens (including phenoxy) is 1. The van der Waals surface area contributed by atoms with Crippen molar-refractivity contribution >= 4 is 40.5 Å². The van der Waals surface area contributed by atoms with Gasteiger partial charge in [-0.05, 0) is 29.1 Å². The second-order valence-corrected chi connectivity index (χ2v) is 7.74. The van der Waals surface area contributed by atoms with Gasteiger partial charge in [0.15, 0.2) is 0 Å². The molecule has 1 saturated heterocycles. The quantitative estimate of drug-likeness (QED) is 0.746. The second kappa shape index (κ2) is 9.32. The highest BCUT2D eigenvalue weighted by atomic mass is 35.5. The number of esters is 1. The maximum absolute atomic E-state index is 12.3. The van der Waals surface area contributed by atoms with Crippen molar-refractivity contribution in [2.24, 2.45) is 0 Å². The van der Waals surface area contributed by atoms with Gasteiger partial charge in [0.1, 0.15) is 4.88 Å². The summed E-state index contributed by atoms with van der Waals surface area (Å²) in [5.74, 6) is -0.559. The molecule has 0 bridgehead atoms. The fourth-order valence-corrected chi connectivity index (χ4v) is 4.03. The van der Waals surface area contributed by atoms with E-state index in [1.54, 1.807) is 11.4 Å². The number of carbonyl (C=O) groups is 2. The Morgan fingerprint density at radius 2 is 1.93 bits per heavy atom. The number of amides is 1. The Morgan fingerprint density at radius 3 is 2.63 bits per heavy atom. The molecule has 1 amide bonds. The topological polar surface area (TPSA) is 61.9 Å². The Hall–Kier alpha value is -1.93. The molecule has 1 N–H and O–H groups in total. The molecule has 27 heavy (non-hydrogen) atoms. The lowest BCUT2D eigenvalue weighted by Crippen LogP contribution is -2.48. The van der Waals surface area contributed by atoms with Gasteiger partial charge < -0.3 is 10.1 Å². The molecule has 3 rings (SSSR count). The molecule has 0 spiro atoms. The van der Waals surface area contributed by atoms with Crippen LogP contribution < -0.4 is 5.32 Å². The summed E-state index contributed by atoms with van der Waals surface area (Å²) in [7, 11) is 1.33. The number of hydrogen-bond donors (Lipinski definition) is 1. The number of carbonyl (C=O) groups excluding carboxylic acids is 2. The van der Waals surface area contributed by atoms with Gasteiger partial charge in [-0.25, -0.2) is 4.79 Å². The summed E-state index contributed by atoms with van der Waals surface area (Å²) in [6.07, 6.45) is 0. The first kappa shape index (κ1) is 19.8. The van der Waals surface area contributed by atoms with Crippen LogP contribution in [0.5, 0.6) is 0 Å². The fourth-order valence-electron chi connectivity index (χ4n) is 3.05. The van der Waals surface area contributed by atoms with Gasteiger partial charge in [-0.1, -0.05) is 23.7 Å². The summed E-state index contributed by atoms with van der Waals surface area (Å²) in [6.45, 7) is 4.60. The van der Waals surface area contributed by atoms with Crippen LogP contribution in [0.3, 0.4) is 0 Å². The number of benzene rings is 1. The van der Waals surface area contributed by atoms with Crippen LogP contribution in [0.2, 0.25) is 5.02 Å². The van der Waals surface area contributed by atoms with Crippen LogP contribution in [0.4, 0.5) is 5.69 Å². The lowest BCUT2D eigenvalue weighted by Gasteiger charge is -2.34. The first-order valence-corrected chi connectivity index (χ1v) is 9.95. The Balaban J connectivity index is 1.46. The van der Waals surface area contributed by atoms with Crippen molar-refractivity contribution in [3.8, 4) is 0 Å². The molecule has 1 aliphatic rings. The van der Waals surface area contributed by atoms with E-state index in [1.807, 2.05) is 18.2 Å². The predicted molar refractivity (Wildman–Crippen MR) is 107 cm³/mol. The summed E-state index contributed by atoms with van der Waals surface area (Å²) < 4.78 is 4.73. The first-order chi connectivity index (χ1) is 13.0. The van der Waals surface area contributed by atoms with E-state index in [9.17, 15) is 9.59 Å². The maximum Gasteiger partial charge on any atom is 0.350 e. The molecule has 1 fully saturated rings. The van der Waals surface area contributed by atoms with Crippen molar-refractivity contribution in [1.29, 1.82) is 0 Å². The fraction of sp³-hybridized carbons (Fsp3) is 0.368. The van der Waals surface area contributed by atoms with Crippen molar-refractivity contribution < 1.29 is 14.3 Å². The number of halogens is 1. The highest BCUT2D eigenvalue weighted by molar-refractivity contribution is 7.12. The monoisotopic (exact) mass is 407 g/mol. The van der Waals surface area contributed by atoms with Gasteiger partial charge in [0, 0.05) is 37.7 Å². The summed E-state index contributed by atoms with van der Waals surface area (Å²) in [5, 5.41) is 5.32. The minimum absolute atomic E-state index is 0.123. The molecule has 1 aliphatic heterocycles. The van der Waals surface area contributed by atoms with E-state index in [-0.39, 0.29) is 5.91 Å². The molecule has 0 aliphatic carbocycles. The molecule has 0 unspecified atom stereocenters. The molecule has 8 heteroatoms. The zero-order chi connectivity index (χ0) is 19.2. The van der Waals surface area contributed by atoms with Crippen LogP contribution in [-0.2, 0) is 16.1 Å². The summed E-state index contributed by atoms with van der Waals surface area (Å²) in [6, 6.07) is 9.62. The number of nitrogens with zero attached hydrogens (tertiary/aromatic N) is 2. The number of thiophene rings is 1. The van der Waals surface area contributed by atoms with Gasteiger partial charge in [0.2, 0.25) is 5.91 Å². The van der Waals surface area contributed by atoms with Crippen molar-refractivity contribution in [3.05, 3.63) is 51.2 Å². The van der Waals surface area contributed by atoms with E-state index in [0.717, 1.165) is 37.7 Å². The third-order valence-corrected chi connectivity index (χ3v) is 5.57. The number of piperazine rings is 1. The van der Waals surface area contributed by atoms with E-state index in [0.29, 0.717) is 17.1 Å². The normalized spacial score (nSPS) is 15.5. The molecule has 1 aromatic heterocycles. The van der Waals surface area contributed by atoms with E-state index < -0.39 is 5.97 Å². The molecule has 0 radical (unpaired) electrons. The highest BCUT2D eigenvalue weighted by Crippen LogP contribution is 2.23. The standard InChI is InChI=1S/C19H22ClN3O3S/c1-26-19(25)18-16(5-10-27-18)21-17(24)13-23-8-6-22(7-9-23)12-14-3-2-4-15(20)11-14/h2-5,10-11H,6-9,12-13H2,1H3,(H,21,24). The molecule has 6 nitrogen and oxygen atoms in total. The average Bonchev–Trinajstić information content (AvgIpc) is 3.10. The van der Waals surface area contributed by atoms with Crippen LogP contribution in [-0.4, -0.2) is 61.5 Å². The Bertz CT molecular complexity index is 803. The largest absolute Gasteiger partial charge is 0.465 e. The molecule has 2 aromatic rings. The Morgan fingerprint density at radius 1 is 1.19 bits per heavy atom. The molecule has 2 heterocycles. The molecule has 1 aromatic carbocycles. The molecule has 144 valence electrons. The van der Waals surface area contributed by atoms with Gasteiger partial charge in [-0.2, -0.15) is 0 Å². The number of anilines is 1. The van der Waals surface area contributed by atoms with Crippen molar-refractivity contribution in [3.63, 3.8) is 0 Å². The minimum Gasteiger partial charge on any atom is -0.465 e. The third kappa shape index (κ3) is 5.52. The summed E-state index contributed by atoms with van der Waals surface area (Å²) in [5.41, 5.74) is 1.71. The van der Waals surface area contributed by atoms with Gasteiger partial charge in [-0.15, -0.1) is 11.3 Å². The van der Waals surface area contributed by atoms with Gasteiger partial charge in [0.05, 0.1) is 19.3 Å². The summed E-state index contributed by atoms with van der Waals surface area (Å²) >= 11 is 7.30. The predicted octanol–water partition coefficient (Wildman–Crippen LogP) is 2.94.